The zero-order chi connectivity index (χ0) is 22.0. The van der Waals surface area contributed by atoms with Crippen molar-refractivity contribution in [3.05, 3.63) is 71.6 Å². The Kier molecular flexibility index (Phi) is 5.62. The molecule has 162 valence electrons. The Morgan fingerprint density at radius 1 is 1.03 bits per heavy atom. The number of hydrogen-bond donors (Lipinski definition) is 0. The van der Waals surface area contributed by atoms with Gasteiger partial charge in [0.25, 0.3) is 0 Å². The molecule has 1 amide bonds. The summed E-state index contributed by atoms with van der Waals surface area (Å²) < 4.78 is 59.2. The average Bonchev–Trinajstić information content (AvgIpc) is 3.24. The Morgan fingerprint density at radius 3 is 2.45 bits per heavy atom. The molecule has 0 saturated heterocycles. The summed E-state index contributed by atoms with van der Waals surface area (Å²) in [6.45, 7) is 1.48. The van der Waals surface area contributed by atoms with E-state index in [-0.39, 0.29) is 11.7 Å². The van der Waals surface area contributed by atoms with Crippen LogP contribution in [0.2, 0.25) is 0 Å². The molecule has 0 radical (unpaired) electrons. The summed E-state index contributed by atoms with van der Waals surface area (Å²) in [6.07, 6.45) is -0.672. The number of aromatic nitrogens is 3. The Hall–Kier alpha value is -3.43. The minimum atomic E-state index is -4.77. The molecule has 1 aromatic heterocycles. The Balaban J connectivity index is 1.43. The van der Waals surface area contributed by atoms with Gasteiger partial charge >= 0.3 is 6.18 Å². The van der Waals surface area contributed by atoms with E-state index in [1.807, 2.05) is 6.07 Å². The zero-order valence-electron chi connectivity index (χ0n) is 16.3. The van der Waals surface area contributed by atoms with Gasteiger partial charge in [-0.05, 0) is 41.8 Å². The van der Waals surface area contributed by atoms with Crippen molar-refractivity contribution in [2.75, 3.05) is 6.54 Å². The van der Waals surface area contributed by atoms with Gasteiger partial charge in [-0.1, -0.05) is 6.07 Å². The maximum Gasteiger partial charge on any atom is 0.419 e. The van der Waals surface area contributed by atoms with E-state index in [2.05, 4.69) is 10.2 Å². The third-order valence-corrected chi connectivity index (χ3v) is 5.07. The van der Waals surface area contributed by atoms with Crippen molar-refractivity contribution < 1.29 is 27.1 Å². The fourth-order valence-electron chi connectivity index (χ4n) is 3.46. The van der Waals surface area contributed by atoms with E-state index in [9.17, 15) is 22.4 Å². The van der Waals surface area contributed by atoms with Crippen LogP contribution in [0.25, 0.3) is 0 Å². The molecule has 0 spiro atoms. The SMILES string of the molecule is O=C(CCn1cnnc1)N1CCc2ccc(Oc3ccc(C(F)(F)F)c(F)c3)cc2C1. The second kappa shape index (κ2) is 8.37. The minimum Gasteiger partial charge on any atom is -0.457 e. The summed E-state index contributed by atoms with van der Waals surface area (Å²) in [7, 11) is 0. The van der Waals surface area contributed by atoms with Crippen molar-refractivity contribution >= 4 is 5.91 Å². The zero-order valence-corrected chi connectivity index (χ0v) is 16.3. The van der Waals surface area contributed by atoms with Crippen LogP contribution in [0.1, 0.15) is 23.1 Å². The van der Waals surface area contributed by atoms with Crippen molar-refractivity contribution in [3.63, 3.8) is 0 Å². The van der Waals surface area contributed by atoms with Crippen LogP contribution in [-0.4, -0.2) is 32.1 Å². The van der Waals surface area contributed by atoms with Crippen LogP contribution < -0.4 is 4.74 Å². The van der Waals surface area contributed by atoms with Crippen LogP contribution in [0.5, 0.6) is 11.5 Å². The van der Waals surface area contributed by atoms with Crippen molar-refractivity contribution in [1.82, 2.24) is 19.7 Å². The maximum absolute atomic E-state index is 13.8. The van der Waals surface area contributed by atoms with Crippen molar-refractivity contribution in [2.45, 2.75) is 32.1 Å². The molecule has 2 heterocycles. The highest BCUT2D eigenvalue weighted by Gasteiger charge is 2.34. The van der Waals surface area contributed by atoms with Crippen LogP contribution in [-0.2, 0) is 30.5 Å². The van der Waals surface area contributed by atoms with Gasteiger partial charge in [0.2, 0.25) is 5.91 Å². The average molecular weight is 434 g/mol. The van der Waals surface area contributed by atoms with E-state index >= 15 is 0 Å². The molecule has 0 aliphatic carbocycles. The number of halogens is 4. The van der Waals surface area contributed by atoms with Gasteiger partial charge in [-0.15, -0.1) is 10.2 Å². The molecular formula is C21H18F4N4O2. The molecule has 0 bridgehead atoms. The first-order chi connectivity index (χ1) is 14.8. The van der Waals surface area contributed by atoms with Gasteiger partial charge in [0.15, 0.2) is 0 Å². The van der Waals surface area contributed by atoms with Gasteiger partial charge in [0, 0.05) is 32.1 Å². The highest BCUT2D eigenvalue weighted by atomic mass is 19.4. The molecule has 3 aromatic rings. The monoisotopic (exact) mass is 434 g/mol. The van der Waals surface area contributed by atoms with Crippen molar-refractivity contribution in [3.8, 4) is 11.5 Å². The summed E-state index contributed by atoms with van der Waals surface area (Å²) in [5.41, 5.74) is 0.605. The molecule has 4 rings (SSSR count). The molecule has 2 aromatic carbocycles. The third-order valence-electron chi connectivity index (χ3n) is 5.07. The number of rotatable bonds is 5. The first-order valence-electron chi connectivity index (χ1n) is 9.56. The van der Waals surface area contributed by atoms with Crippen LogP contribution in [0.15, 0.2) is 49.1 Å². The molecule has 1 aliphatic heterocycles. The summed E-state index contributed by atoms with van der Waals surface area (Å²) in [5, 5.41) is 7.41. The first-order valence-corrected chi connectivity index (χ1v) is 9.56. The van der Waals surface area contributed by atoms with E-state index < -0.39 is 17.6 Å². The number of alkyl halides is 3. The van der Waals surface area contributed by atoms with Crippen LogP contribution >= 0.6 is 0 Å². The van der Waals surface area contributed by atoms with E-state index in [0.29, 0.717) is 50.4 Å². The largest absolute Gasteiger partial charge is 0.457 e. The smallest absolute Gasteiger partial charge is 0.419 e. The van der Waals surface area contributed by atoms with Gasteiger partial charge < -0.3 is 14.2 Å². The summed E-state index contributed by atoms with van der Waals surface area (Å²) in [6, 6.07) is 7.70. The van der Waals surface area contributed by atoms with E-state index in [1.54, 1.807) is 34.3 Å². The molecule has 0 saturated carbocycles. The lowest BCUT2D eigenvalue weighted by molar-refractivity contribution is -0.140. The predicted molar refractivity (Wildman–Crippen MR) is 102 cm³/mol. The summed E-state index contributed by atoms with van der Waals surface area (Å²) in [4.78, 5) is 14.3. The number of carbonyl (C=O) groups excluding carboxylic acids is 1. The number of amides is 1. The molecule has 10 heteroatoms. The number of benzene rings is 2. The summed E-state index contributed by atoms with van der Waals surface area (Å²) in [5.74, 6) is -1.08. The van der Waals surface area contributed by atoms with Gasteiger partial charge in [-0.25, -0.2) is 4.39 Å². The quantitative estimate of drug-likeness (QED) is 0.565. The minimum absolute atomic E-state index is 0.00418. The van der Waals surface area contributed by atoms with Gasteiger partial charge in [-0.3, -0.25) is 4.79 Å². The number of hydrogen-bond acceptors (Lipinski definition) is 4. The Labute approximate surface area is 175 Å². The molecule has 1 aliphatic rings. The lowest BCUT2D eigenvalue weighted by Crippen LogP contribution is -2.36. The fourth-order valence-corrected chi connectivity index (χ4v) is 3.46. The van der Waals surface area contributed by atoms with Crippen LogP contribution in [0, 0.1) is 5.82 Å². The van der Waals surface area contributed by atoms with E-state index in [0.717, 1.165) is 17.2 Å². The molecule has 6 nitrogen and oxygen atoms in total. The molecule has 0 unspecified atom stereocenters. The number of fused-ring (bicyclic) bond motifs is 1. The van der Waals surface area contributed by atoms with Crippen molar-refractivity contribution in [1.29, 1.82) is 0 Å². The first kappa shape index (κ1) is 20.8. The third kappa shape index (κ3) is 4.84. The van der Waals surface area contributed by atoms with Crippen LogP contribution in [0.4, 0.5) is 17.6 Å². The molecule has 31 heavy (non-hydrogen) atoms. The molecule has 0 fully saturated rings. The standard InChI is InChI=1S/C21H18F4N4O2/c22-19-10-17(3-4-18(19)21(23,24)25)31-16-2-1-14-5-8-29(11-15(14)9-16)20(30)6-7-28-12-26-27-13-28/h1-4,9-10,12-13H,5-8,11H2. The number of ether oxygens (including phenoxy) is 1. The lowest BCUT2D eigenvalue weighted by Gasteiger charge is -2.29. The Morgan fingerprint density at radius 2 is 1.74 bits per heavy atom. The normalized spacial score (nSPS) is 13.7. The van der Waals surface area contributed by atoms with Crippen LogP contribution in [0.3, 0.4) is 0 Å². The highest BCUT2D eigenvalue weighted by molar-refractivity contribution is 5.76. The van der Waals surface area contributed by atoms with E-state index in [1.165, 1.54) is 0 Å². The molecular weight excluding hydrogens is 416 g/mol. The fraction of sp³-hybridized carbons (Fsp3) is 0.286. The summed E-state index contributed by atoms with van der Waals surface area (Å²) >= 11 is 0. The topological polar surface area (TPSA) is 60.2 Å². The highest BCUT2D eigenvalue weighted by Crippen LogP contribution is 2.34. The number of aryl methyl sites for hydroxylation is 1. The molecule has 0 atom stereocenters. The second-order valence-corrected chi connectivity index (χ2v) is 7.19. The van der Waals surface area contributed by atoms with Gasteiger partial charge in [0.05, 0.1) is 5.56 Å². The molecule has 0 N–H and O–H groups in total. The van der Waals surface area contributed by atoms with Gasteiger partial charge in [0.1, 0.15) is 30.0 Å². The number of carbonyl (C=O) groups is 1. The second-order valence-electron chi connectivity index (χ2n) is 7.19. The lowest BCUT2D eigenvalue weighted by atomic mass is 9.99. The maximum atomic E-state index is 13.8. The predicted octanol–water partition coefficient (Wildman–Crippen LogP) is 4.20. The van der Waals surface area contributed by atoms with Gasteiger partial charge in [-0.2, -0.15) is 13.2 Å². The van der Waals surface area contributed by atoms with E-state index in [4.69, 9.17) is 4.74 Å². The number of nitrogens with zero attached hydrogens (tertiary/aromatic N) is 4. The Bertz CT molecular complexity index is 1080. The van der Waals surface area contributed by atoms with Crippen molar-refractivity contribution in [2.24, 2.45) is 0 Å².